The van der Waals surface area contributed by atoms with E-state index in [2.05, 4.69) is 0 Å². The lowest BCUT2D eigenvalue weighted by atomic mass is 10.4. The molecule has 1 atom stereocenters. The Morgan fingerprint density at radius 2 is 2.33 bits per heavy atom. The maximum absolute atomic E-state index is 9.89. The van der Waals surface area contributed by atoms with Crippen LogP contribution in [-0.2, 0) is 9.84 Å². The second-order valence-electron chi connectivity index (χ2n) is 1.90. The predicted molar refractivity (Wildman–Crippen MR) is 32.7 cm³/mol. The number of hydrogen-bond acceptors (Lipinski definition) is 2. The third-order valence-corrected chi connectivity index (χ3v) is 0.851. The van der Waals surface area contributed by atoms with Crippen molar-refractivity contribution < 1.29 is 14.9 Å². The third-order valence-electron chi connectivity index (χ3n) is 0.851. The summed E-state index contributed by atoms with van der Waals surface area (Å²) in [4.78, 5) is 0. The van der Waals surface area contributed by atoms with E-state index in [9.17, 15) is 5.11 Å². The van der Waals surface area contributed by atoms with Crippen LogP contribution in [0.2, 0.25) is 0 Å². The Kier molecular flexibility index (Phi) is 5.93. The molecule has 1 N–H and O–H groups in total. The van der Waals surface area contributed by atoms with E-state index >= 15 is 0 Å². The van der Waals surface area contributed by atoms with Gasteiger partial charge in [-0.25, -0.2) is 5.11 Å². The lowest BCUT2D eigenvalue weighted by Crippen LogP contribution is -2.18. The zero-order valence-corrected chi connectivity index (χ0v) is 5.67. The maximum Gasteiger partial charge on any atom is 0.110 e. The van der Waals surface area contributed by atoms with E-state index in [1.54, 1.807) is 0 Å². The van der Waals surface area contributed by atoms with Gasteiger partial charge in [0.25, 0.3) is 0 Å². The highest BCUT2D eigenvalue weighted by Gasteiger charge is 2.00. The van der Waals surface area contributed by atoms with Gasteiger partial charge in [-0.2, -0.15) is 0 Å². The zero-order chi connectivity index (χ0) is 7.11. The molecule has 0 rings (SSSR count). The van der Waals surface area contributed by atoms with Gasteiger partial charge in [0.1, 0.15) is 12.7 Å². The van der Waals surface area contributed by atoms with Crippen molar-refractivity contribution in [1.29, 1.82) is 0 Å². The first-order valence-electron chi connectivity index (χ1n) is 3.15. The molecule has 0 aromatic rings. The molecule has 3 heteroatoms. The average Bonchev–Trinajstić information content (AvgIpc) is 1.89. The fourth-order valence-corrected chi connectivity index (χ4v) is 0.412. The lowest BCUT2D eigenvalue weighted by molar-refractivity contribution is -0.0117. The molecule has 0 fully saturated rings. The highest BCUT2D eigenvalue weighted by molar-refractivity contribution is 4.47. The van der Waals surface area contributed by atoms with Crippen LogP contribution >= 0.6 is 0 Å². The molecule has 1 radical (unpaired) electrons. The fourth-order valence-electron chi connectivity index (χ4n) is 0.412. The van der Waals surface area contributed by atoms with Crippen molar-refractivity contribution in [2.75, 3.05) is 19.8 Å². The smallest absolute Gasteiger partial charge is 0.110 e. The molecular weight excluding hydrogens is 120 g/mol. The monoisotopic (exact) mass is 133 g/mol. The van der Waals surface area contributed by atoms with Crippen LogP contribution in [0.4, 0.5) is 0 Å². The van der Waals surface area contributed by atoms with Gasteiger partial charge in [0.05, 0.1) is 6.61 Å². The van der Waals surface area contributed by atoms with E-state index in [1.165, 1.54) is 0 Å². The molecule has 0 aliphatic rings. The Hall–Kier alpha value is -0.120. The van der Waals surface area contributed by atoms with Gasteiger partial charge in [-0.1, -0.05) is 6.92 Å². The highest BCUT2D eigenvalue weighted by Crippen LogP contribution is 1.85. The summed E-state index contributed by atoms with van der Waals surface area (Å²) in [6.07, 6.45) is 0.0996. The number of rotatable bonds is 5. The van der Waals surface area contributed by atoms with Crippen LogP contribution < -0.4 is 0 Å². The van der Waals surface area contributed by atoms with E-state index in [0.29, 0.717) is 6.61 Å². The Morgan fingerprint density at radius 3 is 2.78 bits per heavy atom. The Bertz CT molecular complexity index is 56.3. The fraction of sp³-hybridized carbons (Fsp3) is 1.00. The summed E-state index contributed by atoms with van der Waals surface area (Å²) in [6, 6.07) is 0. The van der Waals surface area contributed by atoms with Crippen molar-refractivity contribution in [2.45, 2.75) is 19.4 Å². The van der Waals surface area contributed by atoms with Gasteiger partial charge in [0, 0.05) is 6.61 Å². The van der Waals surface area contributed by atoms with Crippen molar-refractivity contribution in [2.24, 2.45) is 0 Å². The van der Waals surface area contributed by atoms with Gasteiger partial charge < -0.3 is 9.84 Å². The molecule has 0 saturated carbocycles. The lowest BCUT2D eigenvalue weighted by Gasteiger charge is -2.04. The SMILES string of the molecule is CCCOCC(O)C[O]. The molecule has 0 spiro atoms. The van der Waals surface area contributed by atoms with Gasteiger partial charge in [-0.15, -0.1) is 0 Å². The topological polar surface area (TPSA) is 49.4 Å². The summed E-state index contributed by atoms with van der Waals surface area (Å²) in [5.41, 5.74) is 0. The van der Waals surface area contributed by atoms with Gasteiger partial charge in [-0.05, 0) is 6.42 Å². The largest absolute Gasteiger partial charge is 0.388 e. The van der Waals surface area contributed by atoms with E-state index in [-0.39, 0.29) is 6.61 Å². The van der Waals surface area contributed by atoms with Gasteiger partial charge in [-0.3, -0.25) is 0 Å². The molecule has 0 heterocycles. The van der Waals surface area contributed by atoms with Crippen LogP contribution in [-0.4, -0.2) is 31.0 Å². The first-order valence-corrected chi connectivity index (χ1v) is 3.15. The molecule has 55 valence electrons. The van der Waals surface area contributed by atoms with E-state index in [0.717, 1.165) is 6.42 Å². The van der Waals surface area contributed by atoms with E-state index < -0.39 is 12.7 Å². The van der Waals surface area contributed by atoms with Crippen LogP contribution in [0.15, 0.2) is 0 Å². The number of hydrogen-bond donors (Lipinski definition) is 1. The third kappa shape index (κ3) is 5.76. The Balaban J connectivity index is 2.88. The minimum absolute atomic E-state index is 0.178. The Labute approximate surface area is 55.3 Å². The average molecular weight is 133 g/mol. The second-order valence-corrected chi connectivity index (χ2v) is 1.90. The minimum Gasteiger partial charge on any atom is -0.388 e. The van der Waals surface area contributed by atoms with Crippen LogP contribution in [0.1, 0.15) is 13.3 Å². The normalized spacial score (nSPS) is 13.7. The molecule has 0 aromatic carbocycles. The van der Waals surface area contributed by atoms with Crippen LogP contribution in [0.3, 0.4) is 0 Å². The molecular formula is C6H13O3. The summed E-state index contributed by atoms with van der Waals surface area (Å²) < 4.78 is 4.89. The molecule has 0 bridgehead atoms. The molecule has 0 aliphatic carbocycles. The molecule has 9 heavy (non-hydrogen) atoms. The van der Waals surface area contributed by atoms with Crippen LogP contribution in [0, 0.1) is 0 Å². The summed E-state index contributed by atoms with van der Waals surface area (Å²) in [7, 11) is 0. The highest BCUT2D eigenvalue weighted by atomic mass is 16.5. The molecule has 0 saturated heterocycles. The van der Waals surface area contributed by atoms with Crippen LogP contribution in [0.25, 0.3) is 0 Å². The Morgan fingerprint density at radius 1 is 1.67 bits per heavy atom. The summed E-state index contributed by atoms with van der Waals surface area (Å²) in [5, 5.41) is 18.5. The van der Waals surface area contributed by atoms with Crippen molar-refractivity contribution in [3.63, 3.8) is 0 Å². The molecule has 0 aliphatic heterocycles. The number of aliphatic hydroxyl groups is 1. The van der Waals surface area contributed by atoms with E-state index in [1.807, 2.05) is 6.92 Å². The first-order chi connectivity index (χ1) is 4.31. The van der Waals surface area contributed by atoms with Gasteiger partial charge in [0.15, 0.2) is 0 Å². The first kappa shape index (κ1) is 8.88. The van der Waals surface area contributed by atoms with Crippen molar-refractivity contribution in [1.82, 2.24) is 0 Å². The summed E-state index contributed by atoms with van der Waals surface area (Å²) >= 11 is 0. The second kappa shape index (κ2) is 6.01. The van der Waals surface area contributed by atoms with Crippen LogP contribution in [0.5, 0.6) is 0 Å². The zero-order valence-electron chi connectivity index (χ0n) is 5.67. The van der Waals surface area contributed by atoms with Gasteiger partial charge in [0.2, 0.25) is 0 Å². The van der Waals surface area contributed by atoms with Gasteiger partial charge >= 0.3 is 0 Å². The molecule has 0 aromatic heterocycles. The predicted octanol–water partition coefficient (Wildman–Crippen LogP) is 0.204. The summed E-state index contributed by atoms with van der Waals surface area (Å²) in [6.45, 7) is 2.31. The maximum atomic E-state index is 9.89. The van der Waals surface area contributed by atoms with Crippen molar-refractivity contribution in [3.05, 3.63) is 0 Å². The molecule has 3 nitrogen and oxygen atoms in total. The molecule has 1 unspecified atom stereocenters. The van der Waals surface area contributed by atoms with Crippen molar-refractivity contribution in [3.8, 4) is 0 Å². The van der Waals surface area contributed by atoms with E-state index in [4.69, 9.17) is 9.84 Å². The molecule has 0 amide bonds. The quantitative estimate of drug-likeness (QED) is 0.545. The number of ether oxygens (including phenoxy) is 1. The minimum atomic E-state index is -0.823. The standard InChI is InChI=1S/C6H13O3/c1-2-3-9-5-6(8)4-7/h6,8H,2-5H2,1H3. The van der Waals surface area contributed by atoms with Crippen molar-refractivity contribution >= 4 is 0 Å². The number of aliphatic hydroxyl groups excluding tert-OH is 1. The summed E-state index contributed by atoms with van der Waals surface area (Å²) in [5.74, 6) is 0.